The molecule has 4 heterocycles. The number of nitrogens with zero attached hydrogens (tertiary/aromatic N) is 5. The second-order valence-electron chi connectivity index (χ2n) is 10.6. The van der Waals surface area contributed by atoms with Crippen molar-refractivity contribution in [1.29, 1.82) is 0 Å². The fourth-order valence-corrected chi connectivity index (χ4v) is 5.97. The smallest absolute Gasteiger partial charge is 0.338 e. The monoisotopic (exact) mass is 620 g/mol. The van der Waals surface area contributed by atoms with E-state index in [1.54, 1.807) is 9.80 Å². The number of amidine groups is 1. The summed E-state index contributed by atoms with van der Waals surface area (Å²) in [6, 6.07) is 0.562. The number of ether oxygens (including phenoxy) is 1. The van der Waals surface area contributed by atoms with Crippen LogP contribution in [0.1, 0.15) is 31.1 Å². The fraction of sp³-hybridized carbons (Fsp3) is 0.393. The van der Waals surface area contributed by atoms with Gasteiger partial charge in [0.1, 0.15) is 29.4 Å². The number of benzene rings is 1. The molecule has 228 valence electrons. The Labute approximate surface area is 249 Å². The first-order valence-electron chi connectivity index (χ1n) is 13.4. The number of carbonyl (C=O) groups excluding carboxylic acids is 2. The Morgan fingerprint density at radius 2 is 1.93 bits per heavy atom. The van der Waals surface area contributed by atoms with Gasteiger partial charge in [0.15, 0.2) is 11.7 Å². The maximum atomic E-state index is 14.9. The number of methoxy groups -OCH3 is 1. The second kappa shape index (κ2) is 11.8. The third-order valence-corrected chi connectivity index (χ3v) is 8.05. The number of amides is 2. The molecular formula is C28H28ClF3N6O5. The number of hydrogen-bond donors (Lipinski definition) is 2. The normalized spacial score (nSPS) is 22.5. The zero-order valence-corrected chi connectivity index (χ0v) is 24.1. The molecule has 1 aromatic heterocycles. The molecule has 3 aliphatic rings. The molecule has 0 spiro atoms. The number of nitrogens with one attached hydrogen (secondary N) is 1. The number of piperazine rings is 1. The van der Waals surface area contributed by atoms with Crippen molar-refractivity contribution in [2.45, 2.75) is 38.0 Å². The number of esters is 1. The molecule has 2 N–H and O–H groups in total. The van der Waals surface area contributed by atoms with Crippen LogP contribution < -0.4 is 5.32 Å². The number of aliphatic carboxylic acids is 1. The van der Waals surface area contributed by atoms with Gasteiger partial charge in [-0.25, -0.2) is 27.7 Å². The topological polar surface area (TPSA) is 128 Å². The minimum atomic E-state index is -1.26. The maximum absolute atomic E-state index is 14.9. The van der Waals surface area contributed by atoms with Crippen LogP contribution in [0, 0.1) is 17.5 Å². The molecule has 2 amide bonds. The molecule has 11 nitrogen and oxygen atoms in total. The van der Waals surface area contributed by atoms with Crippen molar-refractivity contribution >= 4 is 35.4 Å². The lowest BCUT2D eigenvalue weighted by molar-refractivity contribution is -0.147. The number of aromatic nitrogens is 1. The molecule has 1 aromatic carbocycles. The molecule has 3 aliphatic heterocycles. The summed E-state index contributed by atoms with van der Waals surface area (Å²) in [7, 11) is 1.14. The minimum absolute atomic E-state index is 0.0832. The summed E-state index contributed by atoms with van der Waals surface area (Å²) in [5, 5.41) is 13.1. The summed E-state index contributed by atoms with van der Waals surface area (Å²) in [5.74, 6) is -4.85. The van der Waals surface area contributed by atoms with Gasteiger partial charge < -0.3 is 25.0 Å². The van der Waals surface area contributed by atoms with Crippen LogP contribution >= 0.6 is 11.6 Å². The van der Waals surface area contributed by atoms with E-state index in [1.165, 1.54) is 11.0 Å². The minimum Gasteiger partial charge on any atom is -0.480 e. The second-order valence-corrected chi connectivity index (χ2v) is 11.0. The molecule has 0 unspecified atom stereocenters. The molecule has 0 radical (unpaired) electrons. The summed E-state index contributed by atoms with van der Waals surface area (Å²) in [4.78, 5) is 51.9. The zero-order chi connectivity index (χ0) is 31.2. The van der Waals surface area contributed by atoms with Gasteiger partial charge in [-0.2, -0.15) is 0 Å². The first-order valence-corrected chi connectivity index (χ1v) is 13.8. The molecular weight excluding hydrogens is 593 g/mol. The number of halogens is 4. The lowest BCUT2D eigenvalue weighted by Crippen LogP contribution is -2.62. The molecule has 0 aliphatic carbocycles. The fourth-order valence-electron chi connectivity index (χ4n) is 5.70. The van der Waals surface area contributed by atoms with Crippen LogP contribution in [0.3, 0.4) is 0 Å². The maximum Gasteiger partial charge on any atom is 0.338 e. The van der Waals surface area contributed by atoms with Gasteiger partial charge in [-0.1, -0.05) is 17.7 Å². The van der Waals surface area contributed by atoms with Gasteiger partial charge in [-0.3, -0.25) is 14.7 Å². The number of pyridine rings is 1. The van der Waals surface area contributed by atoms with Gasteiger partial charge in [-0.15, -0.1) is 0 Å². The van der Waals surface area contributed by atoms with Crippen molar-refractivity contribution in [3.05, 3.63) is 75.5 Å². The molecule has 5 rings (SSSR count). The van der Waals surface area contributed by atoms with E-state index in [9.17, 15) is 32.7 Å². The molecule has 0 bridgehead atoms. The number of fused-ring (bicyclic) bond motifs is 1. The Hall–Kier alpha value is -4.17. The number of carbonyl (C=O) groups is 3. The molecule has 2 saturated heterocycles. The van der Waals surface area contributed by atoms with Crippen LogP contribution in [0.4, 0.5) is 18.0 Å². The molecule has 3 atom stereocenters. The summed E-state index contributed by atoms with van der Waals surface area (Å²) in [5.41, 5.74) is -0.187. The van der Waals surface area contributed by atoms with E-state index in [0.29, 0.717) is 6.07 Å². The number of rotatable bonds is 7. The molecule has 2 aromatic rings. The van der Waals surface area contributed by atoms with E-state index in [4.69, 9.17) is 16.3 Å². The van der Waals surface area contributed by atoms with E-state index < -0.39 is 47.5 Å². The Morgan fingerprint density at radius 3 is 2.56 bits per heavy atom. The van der Waals surface area contributed by atoms with Gasteiger partial charge in [0, 0.05) is 54.6 Å². The molecule has 43 heavy (non-hydrogen) atoms. The average molecular weight is 621 g/mol. The predicted molar refractivity (Wildman–Crippen MR) is 148 cm³/mol. The number of carboxylic acids is 1. The number of hydrogen-bond acceptors (Lipinski definition) is 8. The Bertz CT molecular complexity index is 1550. The number of aliphatic imine (C=N–C) groups is 1. The summed E-state index contributed by atoms with van der Waals surface area (Å²) >= 11 is 6.37. The van der Waals surface area contributed by atoms with Crippen molar-refractivity contribution in [3.8, 4) is 0 Å². The Morgan fingerprint density at radius 1 is 1.19 bits per heavy atom. The standard InChI is InChI=1S/C28H28ClF3N6O5/c1-13(2)38-12-20-24(26(39)40)36(6-7-37(20)28(38)42)11-19-21(27(41)43-3)22(16-5-4-14(30)8-17(16)29)35-25(34-19)23-18(32)9-15(31)10-33-23/h4-5,8-10,13,20,22,24H,6-7,11-12H2,1-3H3,(H,34,35)(H,39,40)/t20-,22+,24+/m1/s1. The highest BCUT2D eigenvalue weighted by molar-refractivity contribution is 6.31. The predicted octanol–water partition coefficient (Wildman–Crippen LogP) is 2.95. The summed E-state index contributed by atoms with van der Waals surface area (Å²) in [6.07, 6.45) is 0.791. The van der Waals surface area contributed by atoms with Crippen LogP contribution in [0.2, 0.25) is 5.02 Å². The lowest BCUT2D eigenvalue weighted by atomic mass is 9.94. The van der Waals surface area contributed by atoms with E-state index in [-0.39, 0.29) is 71.6 Å². The van der Waals surface area contributed by atoms with Gasteiger partial charge in [0.25, 0.3) is 0 Å². The van der Waals surface area contributed by atoms with Crippen molar-refractivity contribution in [2.75, 3.05) is 33.3 Å². The highest BCUT2D eigenvalue weighted by atomic mass is 35.5. The zero-order valence-electron chi connectivity index (χ0n) is 23.4. The van der Waals surface area contributed by atoms with E-state index in [2.05, 4.69) is 15.3 Å². The van der Waals surface area contributed by atoms with Crippen LogP contribution in [-0.2, 0) is 14.3 Å². The van der Waals surface area contributed by atoms with Crippen LogP contribution in [0.5, 0.6) is 0 Å². The third-order valence-electron chi connectivity index (χ3n) is 7.72. The molecule has 15 heteroatoms. The quantitative estimate of drug-likeness (QED) is 0.453. The van der Waals surface area contributed by atoms with Gasteiger partial charge in [0.2, 0.25) is 0 Å². The van der Waals surface area contributed by atoms with Crippen molar-refractivity contribution in [1.82, 2.24) is 25.0 Å². The largest absolute Gasteiger partial charge is 0.480 e. The van der Waals surface area contributed by atoms with Gasteiger partial charge in [0.05, 0.1) is 24.9 Å². The van der Waals surface area contributed by atoms with E-state index in [1.807, 2.05) is 13.8 Å². The summed E-state index contributed by atoms with van der Waals surface area (Å²) in [6.45, 7) is 4.02. The Balaban J connectivity index is 1.61. The van der Waals surface area contributed by atoms with Crippen LogP contribution in [-0.4, -0.2) is 100 Å². The van der Waals surface area contributed by atoms with E-state index in [0.717, 1.165) is 25.4 Å². The van der Waals surface area contributed by atoms with Crippen LogP contribution in [0.15, 0.2) is 46.7 Å². The summed E-state index contributed by atoms with van der Waals surface area (Å²) < 4.78 is 47.6. The van der Waals surface area contributed by atoms with Crippen molar-refractivity contribution in [2.24, 2.45) is 4.99 Å². The van der Waals surface area contributed by atoms with Crippen LogP contribution in [0.25, 0.3) is 0 Å². The molecule has 2 fully saturated rings. The highest BCUT2D eigenvalue weighted by Gasteiger charge is 2.50. The van der Waals surface area contributed by atoms with Crippen molar-refractivity contribution < 1.29 is 37.4 Å². The highest BCUT2D eigenvalue weighted by Crippen LogP contribution is 2.37. The first kappa shape index (κ1) is 30.3. The third kappa shape index (κ3) is 5.64. The Kier molecular flexibility index (Phi) is 8.34. The number of urea groups is 1. The van der Waals surface area contributed by atoms with Gasteiger partial charge >= 0.3 is 18.0 Å². The number of carboxylic acid groups (broad SMARTS) is 1. The SMILES string of the molecule is COC(=O)C1=C(CN2CCN3C(=O)N(C(C)C)C[C@@H]3[C@H]2C(=O)O)NC(c2ncc(F)cc2F)=N[C@H]1c1ccc(F)cc1Cl. The van der Waals surface area contributed by atoms with E-state index >= 15 is 0 Å². The average Bonchev–Trinajstić information content (AvgIpc) is 3.28. The van der Waals surface area contributed by atoms with Gasteiger partial charge in [-0.05, 0) is 26.0 Å². The molecule has 0 saturated carbocycles. The van der Waals surface area contributed by atoms with Crippen molar-refractivity contribution in [3.63, 3.8) is 0 Å². The lowest BCUT2D eigenvalue weighted by Gasteiger charge is -2.42. The first-order chi connectivity index (χ1) is 20.4.